The number of pyridine rings is 1. The van der Waals surface area contributed by atoms with Crippen LogP contribution in [0, 0.1) is 0 Å². The highest BCUT2D eigenvalue weighted by Crippen LogP contribution is 2.14. The van der Waals surface area contributed by atoms with Crippen molar-refractivity contribution in [3.8, 4) is 0 Å². The third kappa shape index (κ3) is 3.91. The Labute approximate surface area is 116 Å². The van der Waals surface area contributed by atoms with Gasteiger partial charge in [0.2, 0.25) is 0 Å². The monoisotopic (exact) mass is 262 g/mol. The molecule has 2 heterocycles. The number of rotatable bonds is 5. The van der Waals surface area contributed by atoms with Crippen LogP contribution in [0.25, 0.3) is 0 Å². The van der Waals surface area contributed by atoms with Gasteiger partial charge in [0, 0.05) is 45.0 Å². The summed E-state index contributed by atoms with van der Waals surface area (Å²) in [4.78, 5) is 9.45. The van der Waals surface area contributed by atoms with E-state index in [1.54, 1.807) is 0 Å². The molecule has 0 spiro atoms. The van der Waals surface area contributed by atoms with E-state index in [-0.39, 0.29) is 0 Å². The number of nitrogens with zero attached hydrogens (tertiary/aromatic N) is 3. The van der Waals surface area contributed by atoms with Gasteiger partial charge < -0.3 is 10.2 Å². The lowest BCUT2D eigenvalue weighted by atomic mass is 10.1. The highest BCUT2D eigenvalue weighted by molar-refractivity contribution is 5.35. The van der Waals surface area contributed by atoms with Crippen LogP contribution >= 0.6 is 0 Å². The van der Waals surface area contributed by atoms with Gasteiger partial charge in [-0.15, -0.1) is 0 Å². The van der Waals surface area contributed by atoms with Crippen LogP contribution in [-0.4, -0.2) is 54.1 Å². The molecule has 1 aliphatic heterocycles. The summed E-state index contributed by atoms with van der Waals surface area (Å²) in [5, 5.41) is 3.23. The molecule has 2 rings (SSSR count). The zero-order valence-corrected chi connectivity index (χ0v) is 12.4. The summed E-state index contributed by atoms with van der Waals surface area (Å²) in [7, 11) is 2.23. The van der Waals surface area contributed by atoms with Gasteiger partial charge in [-0.05, 0) is 32.0 Å². The molecule has 1 atom stereocenters. The predicted octanol–water partition coefficient (Wildman–Crippen LogP) is 2.04. The molecule has 4 nitrogen and oxygen atoms in total. The van der Waals surface area contributed by atoms with Crippen molar-refractivity contribution >= 4 is 5.82 Å². The van der Waals surface area contributed by atoms with Gasteiger partial charge in [-0.2, -0.15) is 0 Å². The Morgan fingerprint density at radius 3 is 2.79 bits per heavy atom. The first-order valence-corrected chi connectivity index (χ1v) is 7.34. The van der Waals surface area contributed by atoms with Crippen molar-refractivity contribution in [3.05, 3.63) is 23.9 Å². The number of nitrogens with one attached hydrogen (secondary N) is 1. The van der Waals surface area contributed by atoms with E-state index in [1.165, 1.54) is 25.1 Å². The maximum atomic E-state index is 4.44. The second-order valence-electron chi connectivity index (χ2n) is 5.36. The van der Waals surface area contributed by atoms with Crippen molar-refractivity contribution in [2.75, 3.05) is 38.5 Å². The molecular weight excluding hydrogens is 236 g/mol. The summed E-state index contributed by atoms with van der Waals surface area (Å²) in [6.45, 7) is 9.79. The van der Waals surface area contributed by atoms with Gasteiger partial charge in [0.25, 0.3) is 0 Å². The Bertz CT molecular complexity index is 376. The van der Waals surface area contributed by atoms with Gasteiger partial charge in [0.05, 0.1) is 0 Å². The molecule has 0 amide bonds. The quantitative estimate of drug-likeness (QED) is 0.880. The van der Waals surface area contributed by atoms with Gasteiger partial charge in [0.1, 0.15) is 5.82 Å². The lowest BCUT2D eigenvalue weighted by molar-refractivity contribution is 0.0883. The van der Waals surface area contributed by atoms with Crippen molar-refractivity contribution in [2.45, 2.75) is 32.9 Å². The van der Waals surface area contributed by atoms with Crippen LogP contribution < -0.4 is 5.32 Å². The molecule has 106 valence electrons. The third-order valence-corrected chi connectivity index (χ3v) is 3.92. The first-order chi connectivity index (χ1) is 9.22. The molecule has 1 N–H and O–H groups in total. The minimum atomic E-state index is 0.697. The Hall–Kier alpha value is -1.13. The number of hydrogen-bond donors (Lipinski definition) is 1. The first kappa shape index (κ1) is 14.3. The van der Waals surface area contributed by atoms with Crippen LogP contribution in [0.2, 0.25) is 0 Å². The molecule has 0 bridgehead atoms. The number of hydrogen-bond acceptors (Lipinski definition) is 4. The zero-order chi connectivity index (χ0) is 13.7. The third-order valence-electron chi connectivity index (χ3n) is 3.92. The molecular formula is C15H26N4. The Morgan fingerprint density at radius 1 is 1.32 bits per heavy atom. The molecule has 0 radical (unpaired) electrons. The second kappa shape index (κ2) is 6.87. The molecule has 1 aromatic rings. The van der Waals surface area contributed by atoms with E-state index in [9.17, 15) is 0 Å². The molecule has 0 saturated carbocycles. The maximum Gasteiger partial charge on any atom is 0.125 e. The summed E-state index contributed by atoms with van der Waals surface area (Å²) in [6.07, 6.45) is 3.22. The van der Waals surface area contributed by atoms with E-state index in [0.29, 0.717) is 6.04 Å². The average molecular weight is 262 g/mol. The number of likely N-dealkylation sites (N-methyl/N-ethyl adjacent to an activating group) is 1. The lowest BCUT2D eigenvalue weighted by Crippen LogP contribution is -2.50. The fraction of sp³-hybridized carbons (Fsp3) is 0.667. The zero-order valence-electron chi connectivity index (χ0n) is 12.4. The number of aromatic nitrogens is 1. The van der Waals surface area contributed by atoms with E-state index >= 15 is 0 Å². The highest BCUT2D eigenvalue weighted by atomic mass is 15.3. The molecule has 0 aromatic carbocycles. The van der Waals surface area contributed by atoms with Crippen molar-refractivity contribution in [1.82, 2.24) is 14.8 Å². The number of piperazine rings is 1. The van der Waals surface area contributed by atoms with E-state index in [4.69, 9.17) is 0 Å². The second-order valence-corrected chi connectivity index (χ2v) is 5.36. The van der Waals surface area contributed by atoms with E-state index in [1.807, 2.05) is 6.20 Å². The molecule has 1 fully saturated rings. The van der Waals surface area contributed by atoms with Crippen LogP contribution in [0.1, 0.15) is 25.8 Å². The summed E-state index contributed by atoms with van der Waals surface area (Å²) in [5.41, 5.74) is 1.31. The van der Waals surface area contributed by atoms with Crippen molar-refractivity contribution in [3.63, 3.8) is 0 Å². The standard InChI is InChI=1S/C15H26N4/c1-4-14-12-19(9-8-18(14)3)11-13-6-7-15(16-5-2)17-10-13/h6-7,10,14H,4-5,8-9,11-12H2,1-3H3,(H,16,17). The van der Waals surface area contributed by atoms with E-state index in [0.717, 1.165) is 25.5 Å². The largest absolute Gasteiger partial charge is 0.370 e. The SMILES string of the molecule is CCNc1ccc(CN2CCN(C)C(CC)C2)cn1. The van der Waals surface area contributed by atoms with Gasteiger partial charge in [0.15, 0.2) is 0 Å². The van der Waals surface area contributed by atoms with Crippen molar-refractivity contribution in [2.24, 2.45) is 0 Å². The van der Waals surface area contributed by atoms with Crippen LogP contribution in [0.4, 0.5) is 5.82 Å². The van der Waals surface area contributed by atoms with Crippen LogP contribution in [0.15, 0.2) is 18.3 Å². The first-order valence-electron chi connectivity index (χ1n) is 7.34. The minimum Gasteiger partial charge on any atom is -0.370 e. The molecule has 1 aromatic heterocycles. The fourth-order valence-corrected chi connectivity index (χ4v) is 2.66. The minimum absolute atomic E-state index is 0.697. The van der Waals surface area contributed by atoms with Gasteiger partial charge in [-0.1, -0.05) is 13.0 Å². The maximum absolute atomic E-state index is 4.44. The van der Waals surface area contributed by atoms with E-state index in [2.05, 4.69) is 53.1 Å². The van der Waals surface area contributed by atoms with Crippen LogP contribution in [0.5, 0.6) is 0 Å². The van der Waals surface area contributed by atoms with Crippen LogP contribution in [0.3, 0.4) is 0 Å². The highest BCUT2D eigenvalue weighted by Gasteiger charge is 2.22. The topological polar surface area (TPSA) is 31.4 Å². The summed E-state index contributed by atoms with van der Waals surface area (Å²) in [6, 6.07) is 4.96. The molecule has 19 heavy (non-hydrogen) atoms. The van der Waals surface area contributed by atoms with Gasteiger partial charge in [-0.25, -0.2) is 4.98 Å². The summed E-state index contributed by atoms with van der Waals surface area (Å²) in [5.74, 6) is 0.969. The Balaban J connectivity index is 1.90. The Morgan fingerprint density at radius 2 is 2.16 bits per heavy atom. The van der Waals surface area contributed by atoms with E-state index < -0.39 is 0 Å². The van der Waals surface area contributed by atoms with Crippen molar-refractivity contribution in [1.29, 1.82) is 0 Å². The van der Waals surface area contributed by atoms with Crippen molar-refractivity contribution < 1.29 is 0 Å². The lowest BCUT2D eigenvalue weighted by Gasteiger charge is -2.39. The molecule has 1 aliphatic rings. The summed E-state index contributed by atoms with van der Waals surface area (Å²) >= 11 is 0. The predicted molar refractivity (Wildman–Crippen MR) is 80.4 cm³/mol. The molecule has 1 unspecified atom stereocenters. The smallest absolute Gasteiger partial charge is 0.125 e. The van der Waals surface area contributed by atoms with Gasteiger partial charge >= 0.3 is 0 Å². The van der Waals surface area contributed by atoms with Gasteiger partial charge in [-0.3, -0.25) is 4.90 Å². The molecule has 1 saturated heterocycles. The molecule has 0 aliphatic carbocycles. The van der Waals surface area contributed by atoms with Crippen LogP contribution in [-0.2, 0) is 6.54 Å². The average Bonchev–Trinajstić information content (AvgIpc) is 2.43. The molecule has 4 heteroatoms. The Kier molecular flexibility index (Phi) is 5.16. The number of anilines is 1. The fourth-order valence-electron chi connectivity index (χ4n) is 2.66. The normalized spacial score (nSPS) is 21.5. The summed E-state index contributed by atoms with van der Waals surface area (Å²) < 4.78 is 0.